The van der Waals surface area contributed by atoms with Crippen molar-refractivity contribution in [1.29, 1.82) is 0 Å². The maximum Gasteiger partial charge on any atom is 0.257 e. The van der Waals surface area contributed by atoms with Crippen molar-refractivity contribution in [3.05, 3.63) is 65.1 Å². The Bertz CT molecular complexity index is 1330. The fraction of sp³-hybridized carbons (Fsp3) is 0.346. The molecule has 1 N–H and O–H groups in total. The zero-order valence-electron chi connectivity index (χ0n) is 20.3. The van der Waals surface area contributed by atoms with Gasteiger partial charge in [0.05, 0.1) is 18.8 Å². The van der Waals surface area contributed by atoms with Crippen molar-refractivity contribution in [1.82, 2.24) is 14.7 Å². The lowest BCUT2D eigenvalue weighted by Gasteiger charge is -2.27. The van der Waals surface area contributed by atoms with Crippen molar-refractivity contribution in [2.24, 2.45) is 7.05 Å². The molecule has 1 aromatic heterocycles. The van der Waals surface area contributed by atoms with E-state index in [1.165, 1.54) is 12.1 Å². The van der Waals surface area contributed by atoms with Crippen molar-refractivity contribution in [2.45, 2.75) is 25.9 Å². The second-order valence-corrected chi connectivity index (χ2v) is 9.47. The van der Waals surface area contributed by atoms with E-state index < -0.39 is 11.4 Å². The molecule has 0 atom stereocenters. The number of benzene rings is 2. The van der Waals surface area contributed by atoms with Gasteiger partial charge in [0.25, 0.3) is 11.8 Å². The molecule has 0 spiro atoms. The van der Waals surface area contributed by atoms with Crippen molar-refractivity contribution >= 4 is 17.6 Å². The highest BCUT2D eigenvalue weighted by molar-refractivity contribution is 6.04. The van der Waals surface area contributed by atoms with Gasteiger partial charge in [0.1, 0.15) is 28.7 Å². The van der Waals surface area contributed by atoms with Crippen LogP contribution < -0.4 is 14.8 Å². The quantitative estimate of drug-likeness (QED) is 0.580. The van der Waals surface area contributed by atoms with Crippen LogP contribution in [-0.2, 0) is 18.2 Å². The fourth-order valence-electron chi connectivity index (χ4n) is 4.33. The number of rotatable bonds is 5. The van der Waals surface area contributed by atoms with E-state index in [-0.39, 0.29) is 23.1 Å². The number of hydrogen-bond donors (Lipinski definition) is 1. The van der Waals surface area contributed by atoms with E-state index in [2.05, 4.69) is 10.4 Å². The molecule has 0 saturated carbocycles. The van der Waals surface area contributed by atoms with Gasteiger partial charge in [-0.25, -0.2) is 4.39 Å². The lowest BCUT2D eigenvalue weighted by molar-refractivity contribution is 0.0300. The van der Waals surface area contributed by atoms with Gasteiger partial charge in [-0.1, -0.05) is 0 Å². The predicted molar refractivity (Wildman–Crippen MR) is 129 cm³/mol. The molecular formula is C26H27FN4O5. The van der Waals surface area contributed by atoms with Crippen molar-refractivity contribution in [2.75, 3.05) is 31.6 Å². The van der Waals surface area contributed by atoms with Crippen LogP contribution in [0, 0.1) is 5.82 Å². The average molecular weight is 495 g/mol. The second kappa shape index (κ2) is 9.27. The number of carbonyl (C=O) groups is 2. The highest BCUT2D eigenvalue weighted by atomic mass is 19.1. The molecule has 1 fully saturated rings. The average Bonchev–Trinajstić information content (AvgIpc) is 3.39. The summed E-state index contributed by atoms with van der Waals surface area (Å²) in [5, 5.41) is 6.92. The molecular weight excluding hydrogens is 467 g/mol. The number of aromatic nitrogens is 2. The van der Waals surface area contributed by atoms with E-state index >= 15 is 0 Å². The van der Waals surface area contributed by atoms with Crippen LogP contribution in [0.3, 0.4) is 0 Å². The van der Waals surface area contributed by atoms with Gasteiger partial charge in [-0.05, 0) is 38.1 Å². The van der Waals surface area contributed by atoms with Crippen molar-refractivity contribution in [3.63, 3.8) is 0 Å². The summed E-state index contributed by atoms with van der Waals surface area (Å²) < 4.78 is 33.9. The number of fused-ring (bicyclic) bond motifs is 1. The monoisotopic (exact) mass is 494 g/mol. The third kappa shape index (κ3) is 4.90. The molecule has 188 valence electrons. The van der Waals surface area contributed by atoms with Crippen molar-refractivity contribution in [3.8, 4) is 17.2 Å². The lowest BCUT2D eigenvalue weighted by Crippen LogP contribution is -2.41. The molecule has 2 aromatic carbocycles. The zero-order valence-corrected chi connectivity index (χ0v) is 20.3. The van der Waals surface area contributed by atoms with Gasteiger partial charge in [-0.15, -0.1) is 0 Å². The Morgan fingerprint density at radius 3 is 2.61 bits per heavy atom. The minimum absolute atomic E-state index is 0.0255. The summed E-state index contributed by atoms with van der Waals surface area (Å²) in [5.41, 5.74) is 0.577. The standard InChI is InChI=1S/C26H27FN4O5/c1-26(2)15-19-21(12-16(13-22(19)36-26)24(32)28-23-6-7-30(3)29-23)35-17-4-5-18(20(27)14-17)25(33)31-8-10-34-11-9-31/h4-7,12-14H,8-11,15H2,1-3H3,(H,28,29,32). The first-order valence-electron chi connectivity index (χ1n) is 11.7. The molecule has 2 amide bonds. The maximum atomic E-state index is 15.0. The second-order valence-electron chi connectivity index (χ2n) is 9.47. The van der Waals surface area contributed by atoms with E-state index in [4.69, 9.17) is 14.2 Å². The number of morpholine rings is 1. The first-order valence-corrected chi connectivity index (χ1v) is 11.7. The molecule has 2 aliphatic rings. The Balaban J connectivity index is 1.42. The van der Waals surface area contributed by atoms with Crippen LogP contribution in [0.15, 0.2) is 42.6 Å². The van der Waals surface area contributed by atoms with Crippen LogP contribution in [0.1, 0.15) is 40.1 Å². The SMILES string of the molecule is Cn1ccc(NC(=O)c2cc(Oc3ccc(C(=O)N4CCOCC4)c(F)c3)c3c(c2)OC(C)(C)C3)n1. The minimum atomic E-state index is -0.679. The Labute approximate surface area is 207 Å². The Morgan fingerprint density at radius 1 is 1.14 bits per heavy atom. The number of aryl methyl sites for hydroxylation is 1. The molecule has 2 aliphatic heterocycles. The number of amides is 2. The van der Waals surface area contributed by atoms with Gasteiger partial charge in [0.15, 0.2) is 5.82 Å². The third-order valence-corrected chi connectivity index (χ3v) is 6.07. The number of nitrogens with one attached hydrogen (secondary N) is 1. The number of halogens is 1. The van der Waals surface area contributed by atoms with E-state index in [9.17, 15) is 14.0 Å². The normalized spacial score (nSPS) is 16.3. The molecule has 0 unspecified atom stereocenters. The number of ether oxygens (including phenoxy) is 3. The first kappa shape index (κ1) is 23.8. The van der Waals surface area contributed by atoms with Crippen LogP contribution in [0.2, 0.25) is 0 Å². The summed E-state index contributed by atoms with van der Waals surface area (Å²) in [4.78, 5) is 27.2. The molecule has 0 bridgehead atoms. The number of nitrogens with zero attached hydrogens (tertiary/aromatic N) is 3. The van der Waals surface area contributed by atoms with Gasteiger partial charge in [-0.3, -0.25) is 14.3 Å². The van der Waals surface area contributed by atoms with Gasteiger partial charge in [-0.2, -0.15) is 5.10 Å². The van der Waals surface area contributed by atoms with E-state index in [0.29, 0.717) is 55.6 Å². The molecule has 0 radical (unpaired) electrons. The number of hydrogen-bond acceptors (Lipinski definition) is 6. The highest BCUT2D eigenvalue weighted by Crippen LogP contribution is 2.43. The topological polar surface area (TPSA) is 94.9 Å². The lowest BCUT2D eigenvalue weighted by atomic mass is 9.99. The largest absolute Gasteiger partial charge is 0.487 e. The Kier molecular flexibility index (Phi) is 6.13. The van der Waals surface area contributed by atoms with Crippen LogP contribution in [-0.4, -0.2) is 58.4 Å². The zero-order chi connectivity index (χ0) is 25.4. The smallest absolute Gasteiger partial charge is 0.257 e. The summed E-state index contributed by atoms with van der Waals surface area (Å²) in [7, 11) is 1.76. The summed E-state index contributed by atoms with van der Waals surface area (Å²) >= 11 is 0. The molecule has 9 nitrogen and oxygen atoms in total. The summed E-state index contributed by atoms with van der Waals surface area (Å²) in [6, 6.07) is 9.10. The predicted octanol–water partition coefficient (Wildman–Crippen LogP) is 3.79. The molecule has 36 heavy (non-hydrogen) atoms. The Hall–Kier alpha value is -3.92. The van der Waals surface area contributed by atoms with E-state index in [1.807, 2.05) is 13.8 Å². The van der Waals surface area contributed by atoms with Gasteiger partial charge in [0, 0.05) is 56.0 Å². The van der Waals surface area contributed by atoms with E-state index in [1.54, 1.807) is 47.1 Å². The third-order valence-electron chi connectivity index (χ3n) is 6.07. The minimum Gasteiger partial charge on any atom is -0.487 e. The molecule has 1 saturated heterocycles. The Morgan fingerprint density at radius 2 is 1.92 bits per heavy atom. The molecule has 0 aliphatic carbocycles. The number of carbonyl (C=O) groups excluding carboxylic acids is 2. The van der Waals surface area contributed by atoms with Gasteiger partial charge in [0.2, 0.25) is 0 Å². The van der Waals surface area contributed by atoms with E-state index in [0.717, 1.165) is 5.56 Å². The van der Waals surface area contributed by atoms with Crippen molar-refractivity contribution < 1.29 is 28.2 Å². The maximum absolute atomic E-state index is 15.0. The summed E-state index contributed by atoms with van der Waals surface area (Å²) in [5.74, 6) is 0.0915. The molecule has 5 rings (SSSR count). The highest BCUT2D eigenvalue weighted by Gasteiger charge is 2.34. The fourth-order valence-corrected chi connectivity index (χ4v) is 4.33. The summed E-state index contributed by atoms with van der Waals surface area (Å²) in [6.07, 6.45) is 2.27. The van der Waals surface area contributed by atoms with Crippen LogP contribution in [0.25, 0.3) is 0 Å². The summed E-state index contributed by atoms with van der Waals surface area (Å²) in [6.45, 7) is 5.59. The van der Waals surface area contributed by atoms with Gasteiger partial charge < -0.3 is 24.4 Å². The molecule has 3 aromatic rings. The van der Waals surface area contributed by atoms with Crippen LogP contribution in [0.5, 0.6) is 17.2 Å². The molecule has 10 heteroatoms. The van der Waals surface area contributed by atoms with Gasteiger partial charge >= 0.3 is 0 Å². The molecule has 3 heterocycles. The number of anilines is 1. The van der Waals surface area contributed by atoms with Crippen LogP contribution in [0.4, 0.5) is 10.2 Å². The van der Waals surface area contributed by atoms with Crippen LogP contribution >= 0.6 is 0 Å². The first-order chi connectivity index (χ1) is 17.2.